The molecule has 0 saturated heterocycles. The summed E-state index contributed by atoms with van der Waals surface area (Å²) >= 11 is 0. The molecule has 0 aliphatic rings. The number of rotatable bonds is 5. The van der Waals surface area contributed by atoms with Gasteiger partial charge in [0.2, 0.25) is 0 Å². The van der Waals surface area contributed by atoms with Crippen LogP contribution >= 0.6 is 7.49 Å². The Labute approximate surface area is 176 Å². The topological polar surface area (TPSA) is 26.3 Å². The average Bonchev–Trinajstić information content (AvgIpc) is 2.73. The molecule has 0 N–H and O–H groups in total. The van der Waals surface area contributed by atoms with Crippen LogP contribution in [0.5, 0.6) is 0 Å². The van der Waals surface area contributed by atoms with Gasteiger partial charge in [-0.3, -0.25) is 4.52 Å². The molecular formula is C21H15ClF5O2P. The van der Waals surface area contributed by atoms with E-state index < -0.39 is 25.6 Å². The summed E-state index contributed by atoms with van der Waals surface area (Å²) in [5.41, 5.74) is 0. The molecule has 158 valence electrons. The lowest BCUT2D eigenvalue weighted by Gasteiger charge is -2.27. The first kappa shape index (κ1) is 23.8. The van der Waals surface area contributed by atoms with E-state index in [9.17, 15) is 26.7 Å². The van der Waals surface area contributed by atoms with Crippen LogP contribution in [0.2, 0.25) is 0 Å². The molecule has 0 bridgehead atoms. The van der Waals surface area contributed by atoms with E-state index in [4.69, 9.17) is 4.52 Å². The molecule has 0 unspecified atom stereocenters. The second kappa shape index (κ2) is 9.11. The van der Waals surface area contributed by atoms with Crippen molar-refractivity contribution >= 4 is 29.4 Å². The van der Waals surface area contributed by atoms with Crippen molar-refractivity contribution in [3.8, 4) is 0 Å². The molecule has 3 rings (SSSR count). The maximum atomic E-state index is 13.8. The molecule has 0 radical (unpaired) electrons. The summed E-state index contributed by atoms with van der Waals surface area (Å²) in [6.45, 7) is 0. The first-order valence-electron chi connectivity index (χ1n) is 8.44. The Morgan fingerprint density at radius 3 is 1.20 bits per heavy atom. The second-order valence-corrected chi connectivity index (χ2v) is 9.02. The molecule has 0 atom stereocenters. The molecule has 0 aliphatic heterocycles. The zero-order valence-corrected chi connectivity index (χ0v) is 16.8. The van der Waals surface area contributed by atoms with E-state index in [2.05, 4.69) is 0 Å². The van der Waals surface area contributed by atoms with Gasteiger partial charge in [-0.2, -0.15) is 22.0 Å². The zero-order chi connectivity index (χ0) is 21.1. The minimum absolute atomic E-state index is 0. The molecule has 9 heteroatoms. The Morgan fingerprint density at radius 2 is 0.933 bits per heavy atom. The quantitative estimate of drug-likeness (QED) is 0.427. The van der Waals surface area contributed by atoms with E-state index in [1.807, 2.05) is 0 Å². The van der Waals surface area contributed by atoms with E-state index in [0.717, 1.165) is 0 Å². The van der Waals surface area contributed by atoms with Crippen LogP contribution in [0.25, 0.3) is 0 Å². The predicted octanol–water partition coefficient (Wildman–Crippen LogP) is 1.64. The Balaban J connectivity index is 0.00000320. The van der Waals surface area contributed by atoms with Crippen LogP contribution in [-0.4, -0.2) is 18.1 Å². The van der Waals surface area contributed by atoms with Gasteiger partial charge < -0.3 is 12.4 Å². The molecule has 2 nitrogen and oxygen atoms in total. The lowest BCUT2D eigenvalue weighted by Crippen LogP contribution is -3.00. The average molecular weight is 461 g/mol. The van der Waals surface area contributed by atoms with Gasteiger partial charge >= 0.3 is 18.1 Å². The highest BCUT2D eigenvalue weighted by atomic mass is 35.5. The Bertz CT molecular complexity index is 870. The molecular weight excluding hydrogens is 446 g/mol. The van der Waals surface area contributed by atoms with Crippen molar-refractivity contribution in [2.24, 2.45) is 0 Å². The number of carbonyl (C=O) groups excluding carboxylic acids is 1. The van der Waals surface area contributed by atoms with Gasteiger partial charge in [0.15, 0.2) is 0 Å². The van der Waals surface area contributed by atoms with Crippen LogP contribution in [0, 0.1) is 0 Å². The molecule has 3 aromatic carbocycles. The number of alkyl halides is 5. The van der Waals surface area contributed by atoms with Crippen LogP contribution < -0.4 is 28.3 Å². The molecule has 30 heavy (non-hydrogen) atoms. The van der Waals surface area contributed by atoms with Crippen molar-refractivity contribution in [3.63, 3.8) is 0 Å². The molecule has 0 fully saturated rings. The molecule has 0 saturated carbocycles. The summed E-state index contributed by atoms with van der Waals surface area (Å²) < 4.78 is 71.3. The van der Waals surface area contributed by atoms with Crippen LogP contribution in [0.4, 0.5) is 22.0 Å². The van der Waals surface area contributed by atoms with E-state index in [1.165, 1.54) is 0 Å². The molecule has 0 aliphatic carbocycles. The van der Waals surface area contributed by atoms with Gasteiger partial charge in [-0.05, 0) is 36.4 Å². The summed E-state index contributed by atoms with van der Waals surface area (Å²) in [5, 5.41) is 1.01. The van der Waals surface area contributed by atoms with E-state index in [1.54, 1.807) is 91.0 Å². The van der Waals surface area contributed by atoms with Crippen molar-refractivity contribution in [1.82, 2.24) is 0 Å². The number of halogens is 6. The Hall–Kier alpha value is -2.50. The molecule has 0 spiro atoms. The third-order valence-corrected chi connectivity index (χ3v) is 7.71. The van der Waals surface area contributed by atoms with Gasteiger partial charge in [0.25, 0.3) is 7.49 Å². The smallest absolute Gasteiger partial charge is 0.465 e. The maximum absolute atomic E-state index is 13.8. The summed E-state index contributed by atoms with van der Waals surface area (Å²) in [6.07, 6.45) is -6.07. The highest BCUT2D eigenvalue weighted by Gasteiger charge is 2.68. The summed E-state index contributed by atoms with van der Waals surface area (Å²) in [7, 11) is -3.60. The standard InChI is InChI=1S/C21H15F5O2P.ClH/c22-20(23,21(24,25)26)19(27)28-29(16-10-4-1-5-11-16,17-12-6-2-7-13-17)18-14-8-3-9-15-18;/h1-15H;1H/q+1;/p-1. The number of benzene rings is 3. The Kier molecular flexibility index (Phi) is 7.22. The van der Waals surface area contributed by atoms with Gasteiger partial charge in [-0.15, -0.1) is 0 Å². The van der Waals surface area contributed by atoms with E-state index >= 15 is 0 Å². The highest BCUT2D eigenvalue weighted by molar-refractivity contribution is 7.92. The Morgan fingerprint density at radius 1 is 0.633 bits per heavy atom. The van der Waals surface area contributed by atoms with Crippen molar-refractivity contribution < 1.29 is 43.7 Å². The van der Waals surface area contributed by atoms with Crippen LogP contribution in [0.15, 0.2) is 91.0 Å². The summed E-state index contributed by atoms with van der Waals surface area (Å²) in [6, 6.07) is 23.9. The second-order valence-electron chi connectivity index (χ2n) is 6.07. The SMILES string of the molecule is O=C(O[P+](c1ccccc1)(c1ccccc1)c1ccccc1)C(F)(F)C(F)(F)F.[Cl-]. The normalized spacial score (nSPS) is 12.0. The lowest BCUT2D eigenvalue weighted by atomic mass is 10.3. The van der Waals surface area contributed by atoms with Gasteiger partial charge in [0.1, 0.15) is 15.9 Å². The van der Waals surface area contributed by atoms with Crippen LogP contribution in [0.1, 0.15) is 0 Å². The fourth-order valence-corrected chi connectivity index (χ4v) is 6.17. The maximum Gasteiger partial charge on any atom is 0.465 e. The lowest BCUT2D eigenvalue weighted by molar-refractivity contribution is -0.276. The molecule has 3 aromatic rings. The minimum atomic E-state index is -6.07. The monoisotopic (exact) mass is 460 g/mol. The van der Waals surface area contributed by atoms with Crippen molar-refractivity contribution in [2.45, 2.75) is 12.1 Å². The predicted molar refractivity (Wildman–Crippen MR) is 102 cm³/mol. The van der Waals surface area contributed by atoms with Gasteiger partial charge in [-0.25, -0.2) is 4.79 Å². The van der Waals surface area contributed by atoms with E-state index in [-0.39, 0.29) is 12.4 Å². The first-order valence-corrected chi connectivity index (χ1v) is 10.1. The van der Waals surface area contributed by atoms with Crippen molar-refractivity contribution in [3.05, 3.63) is 91.0 Å². The molecule has 0 amide bonds. The number of hydrogen-bond donors (Lipinski definition) is 0. The largest absolute Gasteiger partial charge is 1.00 e. The zero-order valence-electron chi connectivity index (χ0n) is 15.2. The van der Waals surface area contributed by atoms with Crippen LogP contribution in [0.3, 0.4) is 0 Å². The number of hydrogen-bond acceptors (Lipinski definition) is 2. The highest BCUT2D eigenvalue weighted by Crippen LogP contribution is 2.58. The molecule has 0 aromatic heterocycles. The first-order chi connectivity index (χ1) is 13.7. The number of carbonyl (C=O) groups is 1. The van der Waals surface area contributed by atoms with Crippen LogP contribution in [-0.2, 0) is 9.32 Å². The van der Waals surface area contributed by atoms with Crippen molar-refractivity contribution in [2.75, 3.05) is 0 Å². The third kappa shape index (κ3) is 4.32. The third-order valence-electron chi connectivity index (χ3n) is 4.19. The van der Waals surface area contributed by atoms with Gasteiger partial charge in [-0.1, -0.05) is 54.6 Å². The minimum Gasteiger partial charge on any atom is -1.00 e. The molecule has 0 heterocycles. The fourth-order valence-electron chi connectivity index (χ4n) is 2.82. The summed E-state index contributed by atoms with van der Waals surface area (Å²) in [4.78, 5) is 12.2. The fraction of sp³-hybridized carbons (Fsp3) is 0.0952. The summed E-state index contributed by atoms with van der Waals surface area (Å²) in [5.74, 6) is -8.27. The van der Waals surface area contributed by atoms with E-state index in [0.29, 0.717) is 15.9 Å². The van der Waals surface area contributed by atoms with Gasteiger partial charge in [0.05, 0.1) is 0 Å². The van der Waals surface area contributed by atoms with Crippen molar-refractivity contribution in [1.29, 1.82) is 0 Å². The van der Waals surface area contributed by atoms with Gasteiger partial charge in [0, 0.05) is 0 Å².